The van der Waals surface area contributed by atoms with Crippen LogP contribution in [0.5, 0.6) is 0 Å². The molecule has 0 aliphatic rings. The number of nitrogens with one attached hydrogen (secondary N) is 1. The zero-order valence-electron chi connectivity index (χ0n) is 12.4. The van der Waals surface area contributed by atoms with Crippen molar-refractivity contribution in [1.29, 1.82) is 0 Å². The van der Waals surface area contributed by atoms with Gasteiger partial charge in [-0.25, -0.2) is 14.3 Å². The summed E-state index contributed by atoms with van der Waals surface area (Å²) in [6.07, 6.45) is 4.53. The summed E-state index contributed by atoms with van der Waals surface area (Å²) in [5, 5.41) is 7.00. The van der Waals surface area contributed by atoms with E-state index in [4.69, 9.17) is 0 Å². The van der Waals surface area contributed by atoms with Gasteiger partial charge in [0.2, 0.25) is 0 Å². The fourth-order valence-corrected chi connectivity index (χ4v) is 2.01. The highest BCUT2D eigenvalue weighted by Crippen LogP contribution is 2.17. The molecule has 0 saturated carbocycles. The highest BCUT2D eigenvalue weighted by molar-refractivity contribution is 9.10. The van der Waals surface area contributed by atoms with Crippen LogP contribution in [0.25, 0.3) is 5.69 Å². The number of benzene rings is 1. The number of halogens is 1. The highest BCUT2D eigenvalue weighted by atomic mass is 79.9. The van der Waals surface area contributed by atoms with Crippen LogP contribution in [0.1, 0.15) is 0 Å². The molecule has 1 N–H and O–H groups in total. The van der Waals surface area contributed by atoms with Crippen LogP contribution < -0.4 is 5.32 Å². The van der Waals surface area contributed by atoms with Gasteiger partial charge >= 0.3 is 11.9 Å². The van der Waals surface area contributed by atoms with Gasteiger partial charge in [-0.05, 0) is 40.2 Å². The van der Waals surface area contributed by atoms with Gasteiger partial charge in [0.1, 0.15) is 5.70 Å². The van der Waals surface area contributed by atoms with Gasteiger partial charge in [0.15, 0.2) is 0 Å². The molecule has 23 heavy (non-hydrogen) atoms. The molecule has 0 atom stereocenters. The van der Waals surface area contributed by atoms with E-state index in [9.17, 15) is 9.59 Å². The van der Waals surface area contributed by atoms with E-state index < -0.39 is 11.9 Å². The Morgan fingerprint density at radius 3 is 2.43 bits per heavy atom. The van der Waals surface area contributed by atoms with Crippen molar-refractivity contribution in [3.05, 3.63) is 52.9 Å². The molecule has 0 amide bonds. The molecule has 0 aliphatic carbocycles. The Morgan fingerprint density at radius 1 is 1.22 bits per heavy atom. The smallest absolute Gasteiger partial charge is 0.354 e. The van der Waals surface area contributed by atoms with E-state index in [-0.39, 0.29) is 5.70 Å². The molecule has 1 heterocycles. The number of esters is 2. The average molecular weight is 380 g/mol. The molecular formula is C15H14BrN3O4. The molecule has 1 aromatic carbocycles. The second-order valence-electron chi connectivity index (χ2n) is 4.35. The number of carbonyl (C=O) groups excluding carboxylic acids is 2. The van der Waals surface area contributed by atoms with Crippen LogP contribution >= 0.6 is 15.9 Å². The number of methoxy groups -OCH3 is 2. The molecule has 2 aromatic rings. The van der Waals surface area contributed by atoms with E-state index in [0.717, 1.165) is 16.2 Å². The van der Waals surface area contributed by atoms with E-state index in [1.807, 2.05) is 18.3 Å². The van der Waals surface area contributed by atoms with Crippen molar-refractivity contribution in [1.82, 2.24) is 9.78 Å². The lowest BCUT2D eigenvalue weighted by atomic mass is 10.2. The number of nitrogens with zero attached hydrogens (tertiary/aromatic N) is 2. The number of hydrogen-bond donors (Lipinski definition) is 1. The van der Waals surface area contributed by atoms with Crippen LogP contribution in [0.15, 0.2) is 52.9 Å². The molecule has 0 fully saturated rings. The Kier molecular flexibility index (Phi) is 5.53. The van der Waals surface area contributed by atoms with Crippen molar-refractivity contribution in [2.45, 2.75) is 0 Å². The van der Waals surface area contributed by atoms with Gasteiger partial charge in [0, 0.05) is 11.9 Å². The molecule has 0 saturated heterocycles. The molecule has 120 valence electrons. The largest absolute Gasteiger partial charge is 0.466 e. The minimum Gasteiger partial charge on any atom is -0.466 e. The van der Waals surface area contributed by atoms with Gasteiger partial charge in [-0.1, -0.05) is 0 Å². The summed E-state index contributed by atoms with van der Waals surface area (Å²) < 4.78 is 11.7. The molecule has 0 bridgehead atoms. The second-order valence-corrected chi connectivity index (χ2v) is 5.26. The molecule has 7 nitrogen and oxygen atoms in total. The zero-order valence-corrected chi connectivity index (χ0v) is 14.0. The lowest BCUT2D eigenvalue weighted by molar-refractivity contribution is -0.138. The number of aromatic nitrogens is 2. The average Bonchev–Trinajstić information content (AvgIpc) is 3.00. The van der Waals surface area contributed by atoms with Gasteiger partial charge in [0.05, 0.1) is 36.7 Å². The highest BCUT2D eigenvalue weighted by Gasteiger charge is 2.12. The monoisotopic (exact) mass is 379 g/mol. The molecule has 1 aromatic heterocycles. The summed E-state index contributed by atoms with van der Waals surface area (Å²) >= 11 is 3.33. The minimum absolute atomic E-state index is 0.0195. The number of hydrogen-bond acceptors (Lipinski definition) is 6. The molecule has 2 rings (SSSR count). The van der Waals surface area contributed by atoms with Crippen molar-refractivity contribution in [3.63, 3.8) is 0 Å². The third-order valence-electron chi connectivity index (χ3n) is 2.83. The van der Waals surface area contributed by atoms with Crippen molar-refractivity contribution >= 4 is 33.6 Å². The number of rotatable bonds is 5. The molecule has 0 aliphatic heterocycles. The third-order valence-corrected chi connectivity index (χ3v) is 3.24. The Labute approximate surface area is 141 Å². The van der Waals surface area contributed by atoms with Gasteiger partial charge in [-0.15, -0.1) is 0 Å². The normalized spacial score (nSPS) is 11.0. The Morgan fingerprint density at radius 2 is 1.91 bits per heavy atom. The summed E-state index contributed by atoms with van der Waals surface area (Å²) in [6, 6.07) is 7.13. The predicted molar refractivity (Wildman–Crippen MR) is 87.0 cm³/mol. The fourth-order valence-electron chi connectivity index (χ4n) is 1.73. The Bertz CT molecular complexity index is 737. The summed E-state index contributed by atoms with van der Waals surface area (Å²) in [7, 11) is 2.46. The molecule has 0 radical (unpaired) electrons. The van der Waals surface area contributed by atoms with E-state index >= 15 is 0 Å². The maximum atomic E-state index is 11.7. The second kappa shape index (κ2) is 7.59. The standard InChI is InChI=1S/C15H14BrN3O4/c1-22-14(20)7-13(15(21)23-2)18-11-3-5-12(6-4-11)19-9-10(16)8-17-19/h3-9,18H,1-2H3/b13-7+. The van der Waals surface area contributed by atoms with Gasteiger partial charge in [0.25, 0.3) is 0 Å². The maximum Gasteiger partial charge on any atom is 0.354 e. The van der Waals surface area contributed by atoms with Crippen molar-refractivity contribution in [2.24, 2.45) is 0 Å². The van der Waals surface area contributed by atoms with Gasteiger partial charge in [-0.2, -0.15) is 5.10 Å². The van der Waals surface area contributed by atoms with Crippen LogP contribution in [0.4, 0.5) is 5.69 Å². The molecular weight excluding hydrogens is 366 g/mol. The third kappa shape index (κ3) is 4.43. The van der Waals surface area contributed by atoms with E-state index in [1.165, 1.54) is 14.2 Å². The van der Waals surface area contributed by atoms with Gasteiger partial charge in [-0.3, -0.25) is 0 Å². The lowest BCUT2D eigenvalue weighted by Gasteiger charge is -2.09. The molecule has 0 spiro atoms. The molecule has 0 unspecified atom stereocenters. The van der Waals surface area contributed by atoms with E-state index in [0.29, 0.717) is 5.69 Å². The van der Waals surface area contributed by atoms with E-state index in [2.05, 4.69) is 35.8 Å². The minimum atomic E-state index is -0.671. The van der Waals surface area contributed by atoms with Crippen LogP contribution in [0.2, 0.25) is 0 Å². The summed E-state index contributed by atoms with van der Waals surface area (Å²) in [5.74, 6) is -1.33. The first kappa shape index (κ1) is 16.8. The number of anilines is 1. The number of ether oxygens (including phenoxy) is 2. The quantitative estimate of drug-likeness (QED) is 0.633. The van der Waals surface area contributed by atoms with Crippen molar-refractivity contribution < 1.29 is 19.1 Å². The summed E-state index contributed by atoms with van der Waals surface area (Å²) in [6.45, 7) is 0. The molecule has 8 heteroatoms. The fraction of sp³-hybridized carbons (Fsp3) is 0.133. The lowest BCUT2D eigenvalue weighted by Crippen LogP contribution is -2.15. The predicted octanol–water partition coefficient (Wildman–Crippen LogP) is 2.28. The Balaban J connectivity index is 2.19. The summed E-state index contributed by atoms with van der Waals surface area (Å²) in [4.78, 5) is 23.0. The topological polar surface area (TPSA) is 82.5 Å². The van der Waals surface area contributed by atoms with Crippen molar-refractivity contribution in [3.8, 4) is 5.69 Å². The van der Waals surface area contributed by atoms with Crippen LogP contribution in [0.3, 0.4) is 0 Å². The van der Waals surface area contributed by atoms with Gasteiger partial charge < -0.3 is 14.8 Å². The van der Waals surface area contributed by atoms with Crippen LogP contribution in [-0.4, -0.2) is 35.9 Å². The summed E-state index contributed by atoms with van der Waals surface area (Å²) in [5.41, 5.74) is 1.44. The van der Waals surface area contributed by atoms with Crippen molar-refractivity contribution in [2.75, 3.05) is 19.5 Å². The SMILES string of the molecule is COC(=O)/C=C(/Nc1ccc(-n2cc(Br)cn2)cc1)C(=O)OC. The maximum absolute atomic E-state index is 11.7. The first-order valence-corrected chi connectivity index (χ1v) is 7.28. The number of carbonyl (C=O) groups is 2. The van der Waals surface area contributed by atoms with Crippen LogP contribution in [-0.2, 0) is 19.1 Å². The first-order chi connectivity index (χ1) is 11.0. The Hall–Kier alpha value is -2.61. The zero-order chi connectivity index (χ0) is 16.8. The van der Waals surface area contributed by atoms with E-state index in [1.54, 1.807) is 23.0 Å². The first-order valence-electron chi connectivity index (χ1n) is 6.49. The van der Waals surface area contributed by atoms with Crippen LogP contribution in [0, 0.1) is 0 Å².